The van der Waals surface area contributed by atoms with Gasteiger partial charge in [-0.15, -0.1) is 11.8 Å². The highest BCUT2D eigenvalue weighted by atomic mass is 32.2. The number of rotatable bonds is 3. The van der Waals surface area contributed by atoms with Crippen LogP contribution in [0.15, 0.2) is 11.6 Å². The molecule has 0 aromatic heterocycles. The van der Waals surface area contributed by atoms with E-state index in [9.17, 15) is 4.79 Å². The topological polar surface area (TPSA) is 37.3 Å². The smallest absolute Gasteiger partial charge is 0.131 e. The van der Waals surface area contributed by atoms with Crippen molar-refractivity contribution in [2.45, 2.75) is 30.8 Å². The SMILES string of the molecule is CC(=O)CC1C=C(C)C(CO)S1. The molecule has 2 unspecified atom stereocenters. The van der Waals surface area contributed by atoms with Gasteiger partial charge in [-0.2, -0.15) is 0 Å². The predicted octanol–water partition coefficient (Wildman–Crippen LogP) is 1.39. The predicted molar refractivity (Wildman–Crippen MR) is 51.3 cm³/mol. The van der Waals surface area contributed by atoms with E-state index in [-0.39, 0.29) is 17.6 Å². The highest BCUT2D eigenvalue weighted by molar-refractivity contribution is 8.01. The Morgan fingerprint density at radius 1 is 1.75 bits per heavy atom. The molecule has 1 N–H and O–H groups in total. The molecular formula is C9H14O2S. The summed E-state index contributed by atoms with van der Waals surface area (Å²) in [5, 5.41) is 9.45. The van der Waals surface area contributed by atoms with Gasteiger partial charge in [0.25, 0.3) is 0 Å². The summed E-state index contributed by atoms with van der Waals surface area (Å²) >= 11 is 1.68. The second-order valence-electron chi connectivity index (χ2n) is 3.16. The third kappa shape index (κ3) is 2.35. The highest BCUT2D eigenvalue weighted by Crippen LogP contribution is 2.34. The van der Waals surface area contributed by atoms with Crippen molar-refractivity contribution in [3.05, 3.63) is 11.6 Å². The minimum absolute atomic E-state index is 0.182. The van der Waals surface area contributed by atoms with E-state index in [4.69, 9.17) is 5.11 Å². The summed E-state index contributed by atoms with van der Waals surface area (Å²) in [6, 6.07) is 0. The molecule has 0 fully saturated rings. The fourth-order valence-electron chi connectivity index (χ4n) is 1.34. The number of thioether (sulfide) groups is 1. The van der Waals surface area contributed by atoms with E-state index in [1.165, 1.54) is 5.57 Å². The maximum atomic E-state index is 10.8. The van der Waals surface area contributed by atoms with Gasteiger partial charge in [-0.25, -0.2) is 0 Å². The number of carbonyl (C=O) groups is 1. The van der Waals surface area contributed by atoms with Crippen molar-refractivity contribution in [1.82, 2.24) is 0 Å². The van der Waals surface area contributed by atoms with Crippen molar-refractivity contribution in [3.63, 3.8) is 0 Å². The highest BCUT2D eigenvalue weighted by Gasteiger charge is 2.24. The van der Waals surface area contributed by atoms with Crippen molar-refractivity contribution in [3.8, 4) is 0 Å². The van der Waals surface area contributed by atoms with Crippen LogP contribution in [-0.4, -0.2) is 28.0 Å². The zero-order chi connectivity index (χ0) is 9.14. The summed E-state index contributed by atoms with van der Waals surface area (Å²) in [4.78, 5) is 10.8. The van der Waals surface area contributed by atoms with Crippen molar-refractivity contribution >= 4 is 17.5 Å². The molecule has 1 heterocycles. The largest absolute Gasteiger partial charge is 0.395 e. The molecule has 0 bridgehead atoms. The van der Waals surface area contributed by atoms with Crippen LogP contribution in [0.25, 0.3) is 0 Å². The molecule has 2 nitrogen and oxygen atoms in total. The van der Waals surface area contributed by atoms with Crippen LogP contribution in [0.1, 0.15) is 20.3 Å². The summed E-state index contributed by atoms with van der Waals surface area (Å²) in [6.07, 6.45) is 2.69. The number of carbonyl (C=O) groups excluding carboxylic acids is 1. The third-order valence-corrected chi connectivity index (χ3v) is 3.45. The van der Waals surface area contributed by atoms with Crippen molar-refractivity contribution < 1.29 is 9.90 Å². The summed E-state index contributed by atoms with van der Waals surface area (Å²) in [6.45, 7) is 3.80. The van der Waals surface area contributed by atoms with Crippen LogP contribution in [0.4, 0.5) is 0 Å². The van der Waals surface area contributed by atoms with Crippen molar-refractivity contribution in [2.75, 3.05) is 6.61 Å². The van der Waals surface area contributed by atoms with E-state index in [1.54, 1.807) is 18.7 Å². The van der Waals surface area contributed by atoms with Crippen LogP contribution in [0.5, 0.6) is 0 Å². The minimum atomic E-state index is 0.182. The van der Waals surface area contributed by atoms with Gasteiger partial charge in [-0.3, -0.25) is 4.79 Å². The lowest BCUT2D eigenvalue weighted by molar-refractivity contribution is -0.116. The Hall–Kier alpha value is -0.280. The Morgan fingerprint density at radius 2 is 2.42 bits per heavy atom. The van der Waals surface area contributed by atoms with E-state index in [0.29, 0.717) is 11.7 Å². The van der Waals surface area contributed by atoms with Crippen LogP contribution in [0.2, 0.25) is 0 Å². The molecule has 0 radical (unpaired) electrons. The number of ketones is 1. The molecule has 12 heavy (non-hydrogen) atoms. The van der Waals surface area contributed by atoms with Crippen LogP contribution < -0.4 is 0 Å². The van der Waals surface area contributed by atoms with Gasteiger partial charge in [0.05, 0.1) is 6.61 Å². The van der Waals surface area contributed by atoms with Gasteiger partial charge >= 0.3 is 0 Å². The molecule has 0 spiro atoms. The van der Waals surface area contributed by atoms with E-state index >= 15 is 0 Å². The number of aliphatic hydroxyl groups is 1. The lowest BCUT2D eigenvalue weighted by Gasteiger charge is -2.08. The first-order valence-electron chi connectivity index (χ1n) is 4.07. The lowest BCUT2D eigenvalue weighted by Crippen LogP contribution is -2.08. The number of Topliss-reactive ketones (excluding diaryl/α,β-unsaturated/α-hetero) is 1. The number of hydrogen-bond donors (Lipinski definition) is 1. The Balaban J connectivity index is 2.48. The van der Waals surface area contributed by atoms with Gasteiger partial charge in [0, 0.05) is 16.9 Å². The molecule has 1 rings (SSSR count). The lowest BCUT2D eigenvalue weighted by atomic mass is 10.1. The van der Waals surface area contributed by atoms with E-state index in [0.717, 1.165) is 0 Å². The molecule has 0 aliphatic carbocycles. The molecular weight excluding hydrogens is 172 g/mol. The maximum Gasteiger partial charge on any atom is 0.131 e. The Labute approximate surface area is 77.0 Å². The molecule has 0 aromatic carbocycles. The Kier molecular flexibility index (Phi) is 3.35. The normalized spacial score (nSPS) is 28.8. The van der Waals surface area contributed by atoms with Crippen molar-refractivity contribution in [1.29, 1.82) is 0 Å². The van der Waals surface area contributed by atoms with Crippen molar-refractivity contribution in [2.24, 2.45) is 0 Å². The molecule has 68 valence electrons. The summed E-state index contributed by atoms with van der Waals surface area (Å²) < 4.78 is 0. The number of hydrogen-bond acceptors (Lipinski definition) is 3. The van der Waals surface area contributed by atoms with Gasteiger partial charge < -0.3 is 5.11 Å². The molecule has 2 atom stereocenters. The molecule has 1 aliphatic heterocycles. The van der Waals surface area contributed by atoms with Gasteiger partial charge in [0.15, 0.2) is 0 Å². The molecule has 0 aromatic rings. The van der Waals surface area contributed by atoms with Crippen LogP contribution in [-0.2, 0) is 4.79 Å². The van der Waals surface area contributed by atoms with Gasteiger partial charge in [0.1, 0.15) is 5.78 Å². The zero-order valence-corrected chi connectivity index (χ0v) is 8.23. The van der Waals surface area contributed by atoms with Gasteiger partial charge in [-0.05, 0) is 13.8 Å². The van der Waals surface area contributed by atoms with E-state index in [2.05, 4.69) is 6.08 Å². The summed E-state index contributed by atoms with van der Waals surface area (Å²) in [5.74, 6) is 0.218. The second kappa shape index (κ2) is 4.10. The summed E-state index contributed by atoms with van der Waals surface area (Å²) in [7, 11) is 0. The van der Waals surface area contributed by atoms with Crippen LogP contribution in [0, 0.1) is 0 Å². The molecule has 0 saturated heterocycles. The summed E-state index contributed by atoms with van der Waals surface area (Å²) in [5.41, 5.74) is 1.20. The third-order valence-electron chi connectivity index (χ3n) is 1.95. The zero-order valence-electron chi connectivity index (χ0n) is 7.41. The monoisotopic (exact) mass is 186 g/mol. The first kappa shape index (κ1) is 9.81. The standard InChI is InChI=1S/C9H14O2S/c1-6-3-8(4-7(2)11)12-9(6)5-10/h3,8-10H,4-5H2,1-2H3. The Bertz CT molecular complexity index is 211. The average molecular weight is 186 g/mol. The van der Waals surface area contributed by atoms with E-state index < -0.39 is 0 Å². The molecule has 0 amide bonds. The molecule has 1 aliphatic rings. The number of aliphatic hydroxyl groups excluding tert-OH is 1. The fraction of sp³-hybridized carbons (Fsp3) is 0.667. The quantitative estimate of drug-likeness (QED) is 0.677. The maximum absolute atomic E-state index is 10.8. The Morgan fingerprint density at radius 3 is 2.83 bits per heavy atom. The van der Waals surface area contributed by atoms with Gasteiger partial charge in [0.2, 0.25) is 0 Å². The minimum Gasteiger partial charge on any atom is -0.395 e. The fourth-order valence-corrected chi connectivity index (χ4v) is 2.76. The van der Waals surface area contributed by atoms with Crippen LogP contribution in [0.3, 0.4) is 0 Å². The van der Waals surface area contributed by atoms with E-state index in [1.807, 2.05) is 6.92 Å². The second-order valence-corrected chi connectivity index (χ2v) is 4.61. The average Bonchev–Trinajstić information content (AvgIpc) is 2.29. The molecule has 0 saturated carbocycles. The van der Waals surface area contributed by atoms with Gasteiger partial charge in [-0.1, -0.05) is 11.6 Å². The first-order valence-corrected chi connectivity index (χ1v) is 5.02. The van der Waals surface area contributed by atoms with Crippen LogP contribution >= 0.6 is 11.8 Å². The molecule has 3 heteroatoms. The first-order chi connectivity index (χ1) is 5.63.